The largest absolute Gasteiger partial charge is 0.424 e. The van der Waals surface area contributed by atoms with Crippen LogP contribution >= 0.6 is 0 Å². The van der Waals surface area contributed by atoms with E-state index in [9.17, 15) is 9.59 Å². The number of rotatable bonds is 5. The fraction of sp³-hybridized carbons (Fsp3) is 0.217. The molecule has 1 aliphatic rings. The number of para-hydroxylation sites is 2. The molecule has 0 bridgehead atoms. The standard InChI is InChI=1S/C23H22N4O3/c1-15-21(16(2)25-23(24-15)30-19-11-7-4-8-12-19)26-22(29)17-13-20(28)27(14-17)18-9-5-3-6-10-18/h3-12,17H,13-14H2,1-2H3,(H,26,29). The predicted octanol–water partition coefficient (Wildman–Crippen LogP) is 3.88. The minimum Gasteiger partial charge on any atom is -0.424 e. The Balaban J connectivity index is 1.46. The summed E-state index contributed by atoms with van der Waals surface area (Å²) >= 11 is 0. The van der Waals surface area contributed by atoms with Crippen LogP contribution in [0, 0.1) is 19.8 Å². The average molecular weight is 402 g/mol. The van der Waals surface area contributed by atoms with E-state index in [1.807, 2.05) is 60.7 Å². The summed E-state index contributed by atoms with van der Waals surface area (Å²) in [5.74, 6) is -0.0683. The predicted molar refractivity (Wildman–Crippen MR) is 114 cm³/mol. The third-order valence-electron chi connectivity index (χ3n) is 5.01. The highest BCUT2D eigenvalue weighted by atomic mass is 16.5. The van der Waals surface area contributed by atoms with Gasteiger partial charge in [-0.2, -0.15) is 9.97 Å². The second kappa shape index (κ2) is 8.32. The maximum Gasteiger partial charge on any atom is 0.322 e. The van der Waals surface area contributed by atoms with Crippen LogP contribution in [-0.2, 0) is 9.59 Å². The molecule has 0 saturated carbocycles. The number of nitrogens with one attached hydrogen (secondary N) is 1. The molecule has 1 fully saturated rings. The fourth-order valence-corrected chi connectivity index (χ4v) is 3.47. The van der Waals surface area contributed by atoms with Crippen molar-refractivity contribution in [2.45, 2.75) is 20.3 Å². The lowest BCUT2D eigenvalue weighted by Gasteiger charge is -2.17. The fourth-order valence-electron chi connectivity index (χ4n) is 3.47. The van der Waals surface area contributed by atoms with Crippen molar-refractivity contribution in [3.05, 3.63) is 72.1 Å². The zero-order chi connectivity index (χ0) is 21.1. The van der Waals surface area contributed by atoms with Crippen LogP contribution in [0.25, 0.3) is 0 Å². The second-order valence-corrected chi connectivity index (χ2v) is 7.20. The second-order valence-electron chi connectivity index (χ2n) is 7.20. The van der Waals surface area contributed by atoms with Gasteiger partial charge >= 0.3 is 6.01 Å². The lowest BCUT2D eigenvalue weighted by atomic mass is 10.1. The topological polar surface area (TPSA) is 84.4 Å². The van der Waals surface area contributed by atoms with E-state index in [-0.39, 0.29) is 24.2 Å². The Labute approximate surface area is 174 Å². The molecule has 2 amide bonds. The molecule has 7 nitrogen and oxygen atoms in total. The number of amides is 2. The summed E-state index contributed by atoms with van der Waals surface area (Å²) in [6.45, 7) is 3.93. The van der Waals surface area contributed by atoms with Crippen molar-refractivity contribution in [2.75, 3.05) is 16.8 Å². The van der Waals surface area contributed by atoms with E-state index in [0.717, 1.165) is 5.69 Å². The maximum atomic E-state index is 12.8. The van der Waals surface area contributed by atoms with E-state index >= 15 is 0 Å². The Hall–Kier alpha value is -3.74. The number of carbonyl (C=O) groups is 2. The Kier molecular flexibility index (Phi) is 5.43. The number of benzene rings is 2. The normalized spacial score (nSPS) is 15.9. The van der Waals surface area contributed by atoms with Crippen LogP contribution in [0.1, 0.15) is 17.8 Å². The van der Waals surface area contributed by atoms with Gasteiger partial charge in [0.2, 0.25) is 11.8 Å². The van der Waals surface area contributed by atoms with Gasteiger partial charge in [0.1, 0.15) is 5.75 Å². The molecule has 1 N–H and O–H groups in total. The monoisotopic (exact) mass is 402 g/mol. The molecule has 30 heavy (non-hydrogen) atoms. The molecule has 1 aromatic heterocycles. The van der Waals surface area contributed by atoms with Crippen molar-refractivity contribution >= 4 is 23.2 Å². The van der Waals surface area contributed by atoms with E-state index < -0.39 is 5.92 Å². The third-order valence-corrected chi connectivity index (χ3v) is 5.01. The van der Waals surface area contributed by atoms with Gasteiger partial charge < -0.3 is 15.0 Å². The molecule has 1 unspecified atom stereocenters. The molecular formula is C23H22N4O3. The van der Waals surface area contributed by atoms with Crippen molar-refractivity contribution in [1.82, 2.24) is 9.97 Å². The zero-order valence-corrected chi connectivity index (χ0v) is 16.8. The first kappa shape index (κ1) is 19.6. The highest BCUT2D eigenvalue weighted by Crippen LogP contribution is 2.28. The lowest BCUT2D eigenvalue weighted by Crippen LogP contribution is -2.28. The van der Waals surface area contributed by atoms with E-state index in [0.29, 0.717) is 29.4 Å². The molecule has 2 heterocycles. The lowest BCUT2D eigenvalue weighted by molar-refractivity contribution is -0.122. The molecule has 0 radical (unpaired) electrons. The third kappa shape index (κ3) is 4.15. The first-order chi connectivity index (χ1) is 14.5. The van der Waals surface area contributed by atoms with E-state index in [1.54, 1.807) is 18.7 Å². The van der Waals surface area contributed by atoms with Crippen LogP contribution in [0.2, 0.25) is 0 Å². The molecule has 1 saturated heterocycles. The minimum absolute atomic E-state index is 0.0577. The number of nitrogens with zero attached hydrogens (tertiary/aromatic N) is 3. The molecule has 1 aliphatic heterocycles. The van der Waals surface area contributed by atoms with Crippen molar-refractivity contribution in [2.24, 2.45) is 5.92 Å². The number of carbonyl (C=O) groups excluding carboxylic acids is 2. The van der Waals surface area contributed by atoms with Gasteiger partial charge in [0.05, 0.1) is 23.0 Å². The van der Waals surface area contributed by atoms with Gasteiger partial charge in [0, 0.05) is 18.7 Å². The summed E-state index contributed by atoms with van der Waals surface area (Å²) in [6.07, 6.45) is 0.175. The van der Waals surface area contributed by atoms with Crippen LogP contribution in [0.15, 0.2) is 60.7 Å². The highest BCUT2D eigenvalue weighted by Gasteiger charge is 2.35. The molecule has 152 valence electrons. The number of aryl methyl sites for hydroxylation is 2. The summed E-state index contributed by atoms with van der Waals surface area (Å²) in [6, 6.07) is 18.9. The Bertz CT molecular complexity index is 1050. The van der Waals surface area contributed by atoms with Gasteiger partial charge in [-0.15, -0.1) is 0 Å². The first-order valence-electron chi connectivity index (χ1n) is 9.75. The maximum absolute atomic E-state index is 12.8. The number of anilines is 2. The molecular weight excluding hydrogens is 380 g/mol. The van der Waals surface area contributed by atoms with Crippen LogP contribution in [0.3, 0.4) is 0 Å². The van der Waals surface area contributed by atoms with Crippen molar-refractivity contribution in [3.8, 4) is 11.8 Å². The number of hydrogen-bond acceptors (Lipinski definition) is 5. The molecule has 4 rings (SSSR count). The number of ether oxygens (including phenoxy) is 1. The minimum atomic E-state index is -0.434. The van der Waals surface area contributed by atoms with E-state index in [4.69, 9.17) is 4.74 Å². The SMILES string of the molecule is Cc1nc(Oc2ccccc2)nc(C)c1NC(=O)C1CC(=O)N(c2ccccc2)C1. The van der Waals surface area contributed by atoms with E-state index in [1.165, 1.54) is 0 Å². The van der Waals surface area contributed by atoms with Gasteiger partial charge in [-0.3, -0.25) is 9.59 Å². The number of hydrogen-bond donors (Lipinski definition) is 1. The van der Waals surface area contributed by atoms with Gasteiger partial charge in [0.15, 0.2) is 0 Å². The molecule has 7 heteroatoms. The Morgan fingerprint density at radius 1 is 1.00 bits per heavy atom. The first-order valence-corrected chi connectivity index (χ1v) is 9.75. The van der Waals surface area contributed by atoms with Gasteiger partial charge in [-0.25, -0.2) is 0 Å². The van der Waals surface area contributed by atoms with Crippen molar-refractivity contribution in [1.29, 1.82) is 0 Å². The average Bonchev–Trinajstić information content (AvgIpc) is 3.14. The van der Waals surface area contributed by atoms with Crippen LogP contribution in [-0.4, -0.2) is 28.3 Å². The summed E-state index contributed by atoms with van der Waals surface area (Å²) in [7, 11) is 0. The van der Waals surface area contributed by atoms with Gasteiger partial charge in [-0.05, 0) is 38.1 Å². The van der Waals surface area contributed by atoms with Crippen LogP contribution in [0.5, 0.6) is 11.8 Å². The molecule has 3 aromatic rings. The van der Waals surface area contributed by atoms with E-state index in [2.05, 4.69) is 15.3 Å². The summed E-state index contributed by atoms with van der Waals surface area (Å²) in [5, 5.41) is 2.91. The zero-order valence-electron chi connectivity index (χ0n) is 16.8. The van der Waals surface area contributed by atoms with Crippen LogP contribution in [0.4, 0.5) is 11.4 Å². The molecule has 0 spiro atoms. The molecule has 1 atom stereocenters. The van der Waals surface area contributed by atoms with Gasteiger partial charge in [0.25, 0.3) is 0 Å². The molecule has 0 aliphatic carbocycles. The van der Waals surface area contributed by atoms with Crippen molar-refractivity contribution in [3.63, 3.8) is 0 Å². The summed E-state index contributed by atoms with van der Waals surface area (Å²) in [5.41, 5.74) is 2.55. The Morgan fingerprint density at radius 2 is 1.60 bits per heavy atom. The molecule has 2 aromatic carbocycles. The quantitative estimate of drug-likeness (QED) is 0.700. The van der Waals surface area contributed by atoms with Crippen molar-refractivity contribution < 1.29 is 14.3 Å². The highest BCUT2D eigenvalue weighted by molar-refractivity contribution is 6.03. The summed E-state index contributed by atoms with van der Waals surface area (Å²) in [4.78, 5) is 35.6. The Morgan fingerprint density at radius 3 is 2.23 bits per heavy atom. The smallest absolute Gasteiger partial charge is 0.322 e. The van der Waals surface area contributed by atoms with Crippen LogP contribution < -0.4 is 15.0 Å². The van der Waals surface area contributed by atoms with Gasteiger partial charge in [-0.1, -0.05) is 36.4 Å². The number of aromatic nitrogens is 2. The summed E-state index contributed by atoms with van der Waals surface area (Å²) < 4.78 is 5.69.